The van der Waals surface area contributed by atoms with Crippen LogP contribution in [0.15, 0.2) is 66.7 Å². The Kier molecular flexibility index (Phi) is 8.56. The minimum absolute atomic E-state index is 0.00739. The molecule has 37 heavy (non-hydrogen) atoms. The molecule has 0 unspecified atom stereocenters. The van der Waals surface area contributed by atoms with E-state index in [1.165, 1.54) is 4.90 Å². The summed E-state index contributed by atoms with van der Waals surface area (Å²) < 4.78 is 5.55. The number of methoxy groups -OCH3 is 1. The third-order valence-corrected chi connectivity index (χ3v) is 6.78. The van der Waals surface area contributed by atoms with Gasteiger partial charge in [-0.25, -0.2) is 4.79 Å². The van der Waals surface area contributed by atoms with Crippen LogP contribution in [0.25, 0.3) is 11.1 Å². The first-order valence-corrected chi connectivity index (χ1v) is 12.6. The number of ether oxygens (including phenoxy) is 1. The largest absolute Gasteiger partial charge is 0.496 e. The van der Waals surface area contributed by atoms with Crippen molar-refractivity contribution in [1.82, 2.24) is 4.90 Å². The lowest BCUT2D eigenvalue weighted by molar-refractivity contribution is -0.107. The second kappa shape index (κ2) is 12.2. The van der Waals surface area contributed by atoms with Crippen molar-refractivity contribution in [3.8, 4) is 16.9 Å². The number of aldehydes is 1. The molecule has 1 aliphatic heterocycles. The fourth-order valence-corrected chi connectivity index (χ4v) is 4.77. The first kappa shape index (κ1) is 25.9. The highest BCUT2D eigenvalue weighted by atomic mass is 16.5. The van der Waals surface area contributed by atoms with Crippen LogP contribution in [0.2, 0.25) is 0 Å². The minimum atomic E-state index is -0.963. The normalized spacial score (nSPS) is 12.2. The van der Waals surface area contributed by atoms with Crippen molar-refractivity contribution in [2.45, 2.75) is 32.1 Å². The van der Waals surface area contributed by atoms with Crippen LogP contribution in [0.1, 0.15) is 40.7 Å². The number of benzene rings is 3. The summed E-state index contributed by atoms with van der Waals surface area (Å²) in [6.45, 7) is 1.39. The maximum atomic E-state index is 13.0. The number of hydrogen-bond acceptors (Lipinski definition) is 4. The Hall–Kier alpha value is -4.13. The van der Waals surface area contributed by atoms with Gasteiger partial charge in [-0.15, -0.1) is 0 Å². The molecule has 0 spiro atoms. The van der Waals surface area contributed by atoms with Gasteiger partial charge in [0.25, 0.3) is 5.91 Å². The predicted molar refractivity (Wildman–Crippen MR) is 143 cm³/mol. The molecule has 3 aromatic rings. The fraction of sp³-hybridized carbons (Fsp3) is 0.300. The number of fused-ring (bicyclic) bond motifs is 1. The molecule has 0 fully saturated rings. The van der Waals surface area contributed by atoms with E-state index < -0.39 is 6.09 Å². The van der Waals surface area contributed by atoms with Crippen molar-refractivity contribution in [1.29, 1.82) is 0 Å². The van der Waals surface area contributed by atoms with Gasteiger partial charge in [-0.1, -0.05) is 30.3 Å². The van der Waals surface area contributed by atoms with E-state index >= 15 is 0 Å². The maximum absolute atomic E-state index is 13.0. The third-order valence-electron chi connectivity index (χ3n) is 6.78. The summed E-state index contributed by atoms with van der Waals surface area (Å²) in [6.07, 6.45) is 2.99. The Morgan fingerprint density at radius 3 is 2.49 bits per heavy atom. The highest BCUT2D eigenvalue weighted by Gasteiger charge is 2.26. The highest BCUT2D eigenvalue weighted by molar-refractivity contribution is 6.07. The zero-order chi connectivity index (χ0) is 26.2. The van der Waals surface area contributed by atoms with Crippen LogP contribution >= 0.6 is 0 Å². The van der Waals surface area contributed by atoms with Gasteiger partial charge in [0.1, 0.15) is 12.0 Å². The van der Waals surface area contributed by atoms with Crippen LogP contribution in [-0.2, 0) is 17.6 Å². The molecule has 3 aromatic carbocycles. The number of unbranched alkanes of at least 4 members (excludes halogenated alkanes) is 2. The van der Waals surface area contributed by atoms with E-state index in [4.69, 9.17) is 4.74 Å². The van der Waals surface area contributed by atoms with E-state index in [1.54, 1.807) is 7.11 Å². The van der Waals surface area contributed by atoms with Gasteiger partial charge in [-0.05, 0) is 84.3 Å². The monoisotopic (exact) mass is 500 g/mol. The van der Waals surface area contributed by atoms with Gasteiger partial charge in [0.2, 0.25) is 0 Å². The van der Waals surface area contributed by atoms with Crippen molar-refractivity contribution in [2.24, 2.45) is 0 Å². The van der Waals surface area contributed by atoms with Crippen LogP contribution in [-0.4, -0.2) is 55.0 Å². The van der Waals surface area contributed by atoms with Crippen molar-refractivity contribution >= 4 is 24.0 Å². The van der Waals surface area contributed by atoms with Gasteiger partial charge in [0.15, 0.2) is 0 Å². The molecular formula is C30H32N2O5. The Bertz CT molecular complexity index is 1260. The number of hydrogen-bond donors (Lipinski definition) is 1. The first-order chi connectivity index (χ1) is 18.0. The molecule has 2 amide bonds. The summed E-state index contributed by atoms with van der Waals surface area (Å²) in [5.41, 5.74) is 5.74. The Morgan fingerprint density at radius 1 is 1.00 bits per heavy atom. The van der Waals surface area contributed by atoms with E-state index in [0.29, 0.717) is 50.9 Å². The zero-order valence-electron chi connectivity index (χ0n) is 21.1. The summed E-state index contributed by atoms with van der Waals surface area (Å²) in [5.74, 6) is 0.726. The molecule has 7 heteroatoms. The number of amides is 2. The molecule has 0 bridgehead atoms. The number of carboxylic acid groups (broad SMARTS) is 1. The van der Waals surface area contributed by atoms with Crippen molar-refractivity contribution in [2.75, 3.05) is 31.6 Å². The third kappa shape index (κ3) is 6.17. The topological polar surface area (TPSA) is 87.2 Å². The molecule has 192 valence electrons. The van der Waals surface area contributed by atoms with Crippen LogP contribution in [0, 0.1) is 0 Å². The Labute approximate surface area is 217 Å². The number of carbonyl (C=O) groups excluding carboxylic acids is 2. The molecule has 0 aliphatic carbocycles. The van der Waals surface area contributed by atoms with Gasteiger partial charge in [0, 0.05) is 37.3 Å². The summed E-state index contributed by atoms with van der Waals surface area (Å²) in [6, 6.07) is 21.5. The molecule has 0 aromatic heterocycles. The van der Waals surface area contributed by atoms with Crippen molar-refractivity contribution in [3.63, 3.8) is 0 Å². The summed E-state index contributed by atoms with van der Waals surface area (Å²) in [5, 5.41) is 9.59. The molecule has 7 nitrogen and oxygen atoms in total. The second-order valence-electron chi connectivity index (χ2n) is 9.13. The van der Waals surface area contributed by atoms with Gasteiger partial charge < -0.3 is 24.4 Å². The lowest BCUT2D eigenvalue weighted by atomic mass is 9.98. The van der Waals surface area contributed by atoms with E-state index in [1.807, 2.05) is 59.5 Å². The molecular weight excluding hydrogens is 468 g/mol. The molecule has 1 aliphatic rings. The average molecular weight is 501 g/mol. The van der Waals surface area contributed by atoms with E-state index in [-0.39, 0.29) is 5.91 Å². The zero-order valence-corrected chi connectivity index (χ0v) is 21.1. The summed E-state index contributed by atoms with van der Waals surface area (Å²) in [4.78, 5) is 38.5. The standard InChI is InChI=1S/C30H32N2O5/c1-37-28-13-11-24(21-26(28)14-17-31(30(35)36)16-6-3-7-19-33)23-10-12-27-25(20-23)15-18-32(27)29(34)22-8-4-2-5-9-22/h2,4-5,8-13,19-21H,3,6-7,14-18H2,1H3,(H,35,36). The lowest BCUT2D eigenvalue weighted by Gasteiger charge is -2.20. The number of carbonyl (C=O) groups is 3. The van der Waals surface area contributed by atoms with Gasteiger partial charge >= 0.3 is 6.09 Å². The van der Waals surface area contributed by atoms with E-state index in [9.17, 15) is 19.5 Å². The smallest absolute Gasteiger partial charge is 0.407 e. The minimum Gasteiger partial charge on any atom is -0.496 e. The quantitative estimate of drug-likeness (QED) is 0.279. The van der Waals surface area contributed by atoms with E-state index in [2.05, 4.69) is 12.1 Å². The Morgan fingerprint density at radius 2 is 1.76 bits per heavy atom. The fourth-order valence-electron chi connectivity index (χ4n) is 4.77. The summed E-state index contributed by atoms with van der Waals surface area (Å²) in [7, 11) is 1.61. The van der Waals surface area contributed by atoms with Crippen molar-refractivity contribution in [3.05, 3.63) is 83.4 Å². The maximum Gasteiger partial charge on any atom is 0.407 e. The number of nitrogens with zero attached hydrogens (tertiary/aromatic N) is 2. The first-order valence-electron chi connectivity index (χ1n) is 12.6. The molecule has 1 heterocycles. The molecule has 0 atom stereocenters. The molecule has 4 rings (SSSR count). The van der Waals surface area contributed by atoms with Gasteiger partial charge in [0.05, 0.1) is 7.11 Å². The summed E-state index contributed by atoms with van der Waals surface area (Å²) >= 11 is 0. The molecule has 1 N–H and O–H groups in total. The van der Waals surface area contributed by atoms with Crippen LogP contribution < -0.4 is 9.64 Å². The van der Waals surface area contributed by atoms with Crippen molar-refractivity contribution < 1.29 is 24.2 Å². The van der Waals surface area contributed by atoms with E-state index in [0.717, 1.165) is 46.4 Å². The lowest BCUT2D eigenvalue weighted by Crippen LogP contribution is -2.32. The Balaban J connectivity index is 1.50. The molecule has 0 radical (unpaired) electrons. The van der Waals surface area contributed by atoms with Crippen LogP contribution in [0.5, 0.6) is 5.75 Å². The van der Waals surface area contributed by atoms with Gasteiger partial charge in [-0.2, -0.15) is 0 Å². The van der Waals surface area contributed by atoms with Crippen LogP contribution in [0.3, 0.4) is 0 Å². The average Bonchev–Trinajstić information content (AvgIpc) is 3.35. The van der Waals surface area contributed by atoms with Gasteiger partial charge in [-0.3, -0.25) is 4.79 Å². The number of rotatable bonds is 11. The highest BCUT2D eigenvalue weighted by Crippen LogP contribution is 2.35. The second-order valence-corrected chi connectivity index (χ2v) is 9.13. The SMILES string of the molecule is COc1ccc(-c2ccc3c(c2)CCN3C(=O)c2ccccc2)cc1CCN(CCCCC=O)C(=O)O. The number of anilines is 1. The van der Waals surface area contributed by atoms with Crippen LogP contribution in [0.4, 0.5) is 10.5 Å². The predicted octanol–water partition coefficient (Wildman–Crippen LogP) is 5.46. The molecule has 0 saturated heterocycles. The molecule has 0 saturated carbocycles.